The number of hydrogen-bond acceptors (Lipinski definition) is 11. The number of sulfonamides is 1. The molecule has 5 aliphatic rings. The summed E-state index contributed by atoms with van der Waals surface area (Å²) in [5.41, 5.74) is 3.92. The maximum Gasteiger partial charge on any atom is 0.293 e. The third kappa shape index (κ3) is 9.30. The van der Waals surface area contributed by atoms with E-state index in [-0.39, 0.29) is 45.4 Å². The number of aromatic nitrogens is 2. The number of amides is 1. The molecule has 16 heteroatoms. The molecule has 2 aliphatic heterocycles. The molecule has 2 aromatic heterocycles. The van der Waals surface area contributed by atoms with Gasteiger partial charge in [0.05, 0.1) is 32.1 Å². The number of hydrogen-bond donors (Lipinski definition) is 4. The zero-order chi connectivity index (χ0) is 47.5. The Labute approximate surface area is 397 Å². The summed E-state index contributed by atoms with van der Waals surface area (Å²) < 4.78 is 51.4. The second-order valence-corrected chi connectivity index (χ2v) is 22.6. The molecule has 1 amide bonds. The highest BCUT2D eigenvalue weighted by molar-refractivity contribution is 7.90. The monoisotopic (exact) mass is 947 g/mol. The van der Waals surface area contributed by atoms with Gasteiger partial charge in [-0.3, -0.25) is 19.8 Å². The lowest BCUT2D eigenvalue weighted by Gasteiger charge is -2.57. The van der Waals surface area contributed by atoms with Crippen LogP contribution in [0.5, 0.6) is 11.5 Å². The number of halogens is 1. The summed E-state index contributed by atoms with van der Waals surface area (Å²) >= 11 is 0. The van der Waals surface area contributed by atoms with Crippen LogP contribution in [0.2, 0.25) is 0 Å². The lowest BCUT2D eigenvalue weighted by molar-refractivity contribution is -0.384. The van der Waals surface area contributed by atoms with Gasteiger partial charge in [-0.1, -0.05) is 44.5 Å². The molecule has 14 nitrogen and oxygen atoms in total. The van der Waals surface area contributed by atoms with Crippen molar-refractivity contribution in [3.63, 3.8) is 0 Å². The number of nitrogens with zero attached hydrogens (tertiary/aromatic N) is 4. The highest BCUT2D eigenvalue weighted by Crippen LogP contribution is 2.50. The third-order valence-corrected chi connectivity index (χ3v) is 17.0. The van der Waals surface area contributed by atoms with Crippen molar-refractivity contribution in [1.82, 2.24) is 19.6 Å². The van der Waals surface area contributed by atoms with E-state index in [1.54, 1.807) is 31.2 Å². The molecule has 5 aromatic rings. The van der Waals surface area contributed by atoms with E-state index in [2.05, 4.69) is 62.9 Å². The first-order valence-electron chi connectivity index (χ1n) is 24.4. The van der Waals surface area contributed by atoms with Gasteiger partial charge in [-0.15, -0.1) is 0 Å². The number of nitrogens with one attached hydrogen (secondary N) is 3. The lowest BCUT2D eigenvalue weighted by Crippen LogP contribution is -2.63. The Hall–Kier alpha value is -5.58. The Bertz CT molecular complexity index is 2840. The van der Waals surface area contributed by atoms with Gasteiger partial charge in [-0.25, -0.2) is 22.5 Å². The SMILES string of the molecule is CC(C)c1ccccc1[C@@H]1CCC[C@@H]1N1CC2(CCN(c3ccc(C(=O)NS(=O)(=O)c4ccc(NCC5CCC(C)(O)CC5)c([N+](=O)[O-])c4)c(Oc4cc5c(F)c[nH]c5nc4C4CC4)c3)CC2)C1. The molecule has 5 fully saturated rings. The highest BCUT2D eigenvalue weighted by Gasteiger charge is 2.49. The van der Waals surface area contributed by atoms with Crippen LogP contribution < -0.4 is 19.7 Å². The van der Waals surface area contributed by atoms with E-state index in [1.807, 2.05) is 0 Å². The molecule has 3 aliphatic carbocycles. The van der Waals surface area contributed by atoms with Crippen LogP contribution >= 0.6 is 0 Å². The van der Waals surface area contributed by atoms with Gasteiger partial charge < -0.3 is 25.0 Å². The van der Waals surface area contributed by atoms with Crippen LogP contribution in [0.25, 0.3) is 11.0 Å². The molecule has 360 valence electrons. The fourth-order valence-corrected chi connectivity index (χ4v) is 12.5. The molecule has 0 bridgehead atoms. The minimum absolute atomic E-state index is 0.0769. The van der Waals surface area contributed by atoms with Gasteiger partial charge >= 0.3 is 0 Å². The number of aromatic amines is 1. The molecule has 1 spiro atoms. The van der Waals surface area contributed by atoms with E-state index >= 15 is 0 Å². The summed E-state index contributed by atoms with van der Waals surface area (Å²) in [4.78, 5) is 37.9. The summed E-state index contributed by atoms with van der Waals surface area (Å²) in [7, 11) is -4.63. The number of H-pyrrole nitrogens is 1. The minimum Gasteiger partial charge on any atom is -0.454 e. The van der Waals surface area contributed by atoms with Crippen molar-refractivity contribution < 1.29 is 32.4 Å². The number of aliphatic hydroxyl groups is 1. The summed E-state index contributed by atoms with van der Waals surface area (Å²) in [6.07, 6.45) is 11.4. The molecular weight excluding hydrogens is 886 g/mol. The standard InChI is InChI=1S/C52H62FN7O7S/c1-32(2)37-7-4-5-8-38(37)39-9-6-10-44(39)59-30-52(31-59)21-23-58(24-22-52)35-13-15-40(46(25-35)67-47-27-41-42(53)29-55-49(41)56-48(47)34-11-12-34)50(61)57-68(65,66)36-14-16-43(45(26-36)60(63)64)54-28-33-17-19-51(3,62)20-18-33/h4-5,7-8,13-16,25-27,29,32-34,39,44,54,62H,6,9-12,17-24,28,30-31H2,1-3H3,(H,55,56)(H,57,61)/t33?,39-,44-,51?/m0/s1. The molecule has 4 N–H and O–H groups in total. The van der Waals surface area contributed by atoms with Crippen LogP contribution in [0, 0.1) is 27.3 Å². The summed E-state index contributed by atoms with van der Waals surface area (Å²) in [6, 6.07) is 19.7. The van der Waals surface area contributed by atoms with Gasteiger partial charge in [0, 0.05) is 68.7 Å². The fraction of sp³-hybridized carbons (Fsp3) is 0.500. The largest absolute Gasteiger partial charge is 0.454 e. The summed E-state index contributed by atoms with van der Waals surface area (Å²) in [5, 5.41) is 25.9. The number of carbonyl (C=O) groups excluding carboxylic acids is 1. The Balaban J connectivity index is 0.874. The molecule has 3 saturated carbocycles. The molecule has 68 heavy (non-hydrogen) atoms. The van der Waals surface area contributed by atoms with Crippen molar-refractivity contribution >= 4 is 44.0 Å². The van der Waals surface area contributed by atoms with Crippen molar-refractivity contribution in [2.75, 3.05) is 42.9 Å². The van der Waals surface area contributed by atoms with Gasteiger partial charge in [0.2, 0.25) is 0 Å². The fourth-order valence-electron chi connectivity index (χ4n) is 11.5. The first-order chi connectivity index (χ1) is 32.6. The summed E-state index contributed by atoms with van der Waals surface area (Å²) in [6.45, 7) is 10.5. The van der Waals surface area contributed by atoms with E-state index in [9.17, 15) is 32.8 Å². The molecule has 10 rings (SSSR count). The molecule has 3 aromatic carbocycles. The van der Waals surface area contributed by atoms with Gasteiger partial charge in [0.1, 0.15) is 28.7 Å². The van der Waals surface area contributed by atoms with Crippen LogP contribution in [-0.2, 0) is 10.0 Å². The number of nitro groups is 1. The number of anilines is 2. The van der Waals surface area contributed by atoms with E-state index in [0.29, 0.717) is 48.6 Å². The molecule has 0 radical (unpaired) electrons. The van der Waals surface area contributed by atoms with E-state index in [4.69, 9.17) is 9.72 Å². The van der Waals surface area contributed by atoms with Crippen molar-refractivity contribution in [2.24, 2.45) is 11.3 Å². The molecule has 2 saturated heterocycles. The maximum absolute atomic E-state index is 15.0. The third-order valence-electron chi connectivity index (χ3n) is 15.7. The van der Waals surface area contributed by atoms with E-state index < -0.39 is 42.9 Å². The molecule has 2 atom stereocenters. The Morgan fingerprint density at radius 3 is 2.46 bits per heavy atom. The van der Waals surface area contributed by atoms with Gasteiger partial charge in [-0.2, -0.15) is 0 Å². The smallest absolute Gasteiger partial charge is 0.293 e. The van der Waals surface area contributed by atoms with Crippen LogP contribution in [0.1, 0.15) is 136 Å². The normalized spacial score (nSPS) is 24.0. The lowest BCUT2D eigenvalue weighted by atomic mass is 9.70. The van der Waals surface area contributed by atoms with Crippen molar-refractivity contribution in [3.8, 4) is 11.5 Å². The molecule has 0 unspecified atom stereocenters. The number of benzene rings is 3. The van der Waals surface area contributed by atoms with Crippen LogP contribution in [0.3, 0.4) is 0 Å². The predicted octanol–water partition coefficient (Wildman–Crippen LogP) is 10.1. The number of pyridine rings is 1. The number of piperidine rings is 1. The Morgan fingerprint density at radius 1 is 0.985 bits per heavy atom. The zero-order valence-corrected chi connectivity index (χ0v) is 39.9. The van der Waals surface area contributed by atoms with Crippen LogP contribution in [-0.4, -0.2) is 83.6 Å². The topological polar surface area (TPSA) is 183 Å². The van der Waals surface area contributed by atoms with Crippen LogP contribution in [0.15, 0.2) is 77.8 Å². The first kappa shape index (κ1) is 46.2. The van der Waals surface area contributed by atoms with Crippen molar-refractivity contribution in [1.29, 1.82) is 0 Å². The number of likely N-dealkylation sites (tertiary alicyclic amines) is 1. The average molecular weight is 948 g/mol. The average Bonchev–Trinajstić information content (AvgIpc) is 3.93. The molecular formula is C52H62FN7O7S. The Morgan fingerprint density at radius 2 is 1.74 bits per heavy atom. The number of carbonyl (C=O) groups is 1. The van der Waals surface area contributed by atoms with Crippen molar-refractivity contribution in [3.05, 3.63) is 111 Å². The van der Waals surface area contributed by atoms with Crippen LogP contribution in [0.4, 0.5) is 21.5 Å². The van der Waals surface area contributed by atoms with Gasteiger partial charge in [0.15, 0.2) is 0 Å². The second kappa shape index (κ2) is 18.1. The minimum atomic E-state index is -4.63. The highest BCUT2D eigenvalue weighted by atomic mass is 32.2. The zero-order valence-electron chi connectivity index (χ0n) is 39.1. The Kier molecular flexibility index (Phi) is 12.3. The van der Waals surface area contributed by atoms with Gasteiger partial charge in [0.25, 0.3) is 21.6 Å². The quantitative estimate of drug-likeness (QED) is 0.0614. The first-order valence-corrected chi connectivity index (χ1v) is 25.9. The number of fused-ring (bicyclic) bond motifs is 1. The second-order valence-electron chi connectivity index (χ2n) is 20.9. The van der Waals surface area contributed by atoms with E-state index in [0.717, 1.165) is 76.5 Å². The molecule has 4 heterocycles. The van der Waals surface area contributed by atoms with E-state index in [1.165, 1.54) is 48.7 Å². The summed E-state index contributed by atoms with van der Waals surface area (Å²) in [5.74, 6) is 0.170. The number of ether oxygens (including phenoxy) is 1. The number of nitro benzene ring substituents is 1. The number of rotatable bonds is 14. The maximum atomic E-state index is 15.0. The predicted molar refractivity (Wildman–Crippen MR) is 260 cm³/mol. The van der Waals surface area contributed by atoms with Crippen molar-refractivity contribution in [2.45, 2.75) is 126 Å². The van der Waals surface area contributed by atoms with Gasteiger partial charge in [-0.05, 0) is 136 Å².